The first kappa shape index (κ1) is 15.9. The fourth-order valence-electron chi connectivity index (χ4n) is 2.02. The molecule has 98 valence electrons. The van der Waals surface area contributed by atoms with E-state index >= 15 is 0 Å². The van der Waals surface area contributed by atoms with E-state index in [4.69, 9.17) is 10.2 Å². The number of aliphatic hydroxyl groups is 2. The maximum atomic E-state index is 9.00. The van der Waals surface area contributed by atoms with Crippen LogP contribution in [0.5, 0.6) is 0 Å². The van der Waals surface area contributed by atoms with Gasteiger partial charge in [-0.1, -0.05) is 13.8 Å². The van der Waals surface area contributed by atoms with Gasteiger partial charge in [0.2, 0.25) is 0 Å². The molecule has 0 bridgehead atoms. The first-order valence-corrected chi connectivity index (χ1v) is 6.55. The van der Waals surface area contributed by atoms with Gasteiger partial charge in [0.25, 0.3) is 0 Å². The first-order chi connectivity index (χ1) is 7.60. The van der Waals surface area contributed by atoms with Gasteiger partial charge in [-0.2, -0.15) is 0 Å². The second kappa shape index (κ2) is 10.1. The minimum absolute atomic E-state index is 0.276. The molecule has 0 heterocycles. The summed E-state index contributed by atoms with van der Waals surface area (Å²) in [5.74, 6) is 1.26. The molecule has 3 nitrogen and oxygen atoms in total. The predicted octanol–water partition coefficient (Wildman–Crippen LogP) is 1.78. The Morgan fingerprint density at radius 3 is 2.19 bits per heavy atom. The lowest BCUT2D eigenvalue weighted by Gasteiger charge is -2.21. The SMILES string of the molecule is CC(C)CC(CCO)CNC(C)CCCO. The fraction of sp³-hybridized carbons (Fsp3) is 1.00. The third-order valence-corrected chi connectivity index (χ3v) is 2.89. The number of hydrogen-bond donors (Lipinski definition) is 3. The van der Waals surface area contributed by atoms with Crippen LogP contribution in [0.15, 0.2) is 0 Å². The lowest BCUT2D eigenvalue weighted by molar-refractivity contribution is 0.234. The van der Waals surface area contributed by atoms with Crippen molar-refractivity contribution in [2.24, 2.45) is 11.8 Å². The molecule has 0 spiro atoms. The molecular weight excluding hydrogens is 202 g/mol. The molecule has 0 aromatic rings. The van der Waals surface area contributed by atoms with Crippen molar-refractivity contribution in [1.29, 1.82) is 0 Å². The molecule has 0 aliphatic carbocycles. The Morgan fingerprint density at radius 2 is 1.69 bits per heavy atom. The van der Waals surface area contributed by atoms with E-state index < -0.39 is 0 Å². The molecule has 0 aliphatic heterocycles. The normalized spacial score (nSPS) is 15.4. The summed E-state index contributed by atoms with van der Waals surface area (Å²) in [7, 11) is 0. The molecule has 2 unspecified atom stereocenters. The molecule has 0 saturated carbocycles. The minimum Gasteiger partial charge on any atom is -0.396 e. The van der Waals surface area contributed by atoms with E-state index in [0.717, 1.165) is 25.8 Å². The number of rotatable bonds is 10. The van der Waals surface area contributed by atoms with Gasteiger partial charge in [-0.25, -0.2) is 0 Å². The molecule has 0 saturated heterocycles. The summed E-state index contributed by atoms with van der Waals surface area (Å²) >= 11 is 0. The molecule has 0 fully saturated rings. The highest BCUT2D eigenvalue weighted by Crippen LogP contribution is 2.14. The molecular formula is C13H29NO2. The summed E-state index contributed by atoms with van der Waals surface area (Å²) in [6.07, 6.45) is 3.94. The van der Waals surface area contributed by atoms with Crippen LogP contribution in [0, 0.1) is 11.8 Å². The fourth-order valence-corrected chi connectivity index (χ4v) is 2.02. The van der Waals surface area contributed by atoms with Crippen molar-refractivity contribution in [3.05, 3.63) is 0 Å². The van der Waals surface area contributed by atoms with Gasteiger partial charge in [0.1, 0.15) is 0 Å². The highest BCUT2D eigenvalue weighted by molar-refractivity contribution is 4.68. The Balaban J connectivity index is 3.72. The van der Waals surface area contributed by atoms with Crippen molar-refractivity contribution in [2.45, 2.75) is 52.5 Å². The second-order valence-electron chi connectivity index (χ2n) is 5.18. The Hall–Kier alpha value is -0.120. The molecule has 0 aromatic carbocycles. The summed E-state index contributed by atoms with van der Waals surface area (Å²) in [4.78, 5) is 0. The van der Waals surface area contributed by atoms with E-state index in [-0.39, 0.29) is 13.2 Å². The second-order valence-corrected chi connectivity index (χ2v) is 5.18. The molecule has 2 atom stereocenters. The lowest BCUT2D eigenvalue weighted by Crippen LogP contribution is -2.32. The van der Waals surface area contributed by atoms with Gasteiger partial charge >= 0.3 is 0 Å². The molecule has 3 N–H and O–H groups in total. The van der Waals surface area contributed by atoms with Crippen LogP contribution in [0.25, 0.3) is 0 Å². The Labute approximate surface area is 100 Å². The summed E-state index contributed by atoms with van der Waals surface area (Å²) in [5.41, 5.74) is 0. The van der Waals surface area contributed by atoms with Crippen molar-refractivity contribution >= 4 is 0 Å². The smallest absolute Gasteiger partial charge is 0.0434 e. The number of nitrogens with one attached hydrogen (secondary N) is 1. The van der Waals surface area contributed by atoms with Gasteiger partial charge < -0.3 is 15.5 Å². The van der Waals surface area contributed by atoms with Crippen LogP contribution in [0.1, 0.15) is 46.5 Å². The summed E-state index contributed by atoms with van der Waals surface area (Å²) in [5, 5.41) is 21.2. The summed E-state index contributed by atoms with van der Waals surface area (Å²) in [6, 6.07) is 0.459. The van der Waals surface area contributed by atoms with E-state index in [1.807, 2.05) is 0 Å². The van der Waals surface area contributed by atoms with Gasteiger partial charge in [0.15, 0.2) is 0 Å². The lowest BCUT2D eigenvalue weighted by atomic mass is 9.94. The van der Waals surface area contributed by atoms with E-state index in [2.05, 4.69) is 26.1 Å². The van der Waals surface area contributed by atoms with Gasteiger partial charge in [-0.3, -0.25) is 0 Å². The van der Waals surface area contributed by atoms with E-state index in [9.17, 15) is 0 Å². The van der Waals surface area contributed by atoms with Crippen molar-refractivity contribution in [2.75, 3.05) is 19.8 Å². The summed E-state index contributed by atoms with van der Waals surface area (Å²) < 4.78 is 0. The molecule has 3 heteroatoms. The van der Waals surface area contributed by atoms with Gasteiger partial charge in [0.05, 0.1) is 0 Å². The Kier molecular flexibility index (Phi) is 9.99. The van der Waals surface area contributed by atoms with Crippen LogP contribution in [0.4, 0.5) is 0 Å². The highest BCUT2D eigenvalue weighted by Gasteiger charge is 2.11. The highest BCUT2D eigenvalue weighted by atomic mass is 16.3. The zero-order valence-corrected chi connectivity index (χ0v) is 11.1. The van der Waals surface area contributed by atoms with Crippen molar-refractivity contribution in [1.82, 2.24) is 5.32 Å². The van der Waals surface area contributed by atoms with Crippen LogP contribution in [0.2, 0.25) is 0 Å². The average molecular weight is 231 g/mol. The molecule has 0 radical (unpaired) electrons. The minimum atomic E-state index is 0.276. The maximum absolute atomic E-state index is 9.00. The Morgan fingerprint density at radius 1 is 1.00 bits per heavy atom. The standard InChI is InChI=1S/C13H29NO2/c1-11(2)9-13(6-8-16)10-14-12(3)5-4-7-15/h11-16H,4-10H2,1-3H3. The zero-order valence-electron chi connectivity index (χ0n) is 11.1. The maximum Gasteiger partial charge on any atom is 0.0434 e. The zero-order chi connectivity index (χ0) is 12.4. The quantitative estimate of drug-likeness (QED) is 0.537. The third-order valence-electron chi connectivity index (χ3n) is 2.89. The van der Waals surface area contributed by atoms with Gasteiger partial charge in [0, 0.05) is 19.3 Å². The molecule has 16 heavy (non-hydrogen) atoms. The molecule has 0 aromatic heterocycles. The van der Waals surface area contributed by atoms with Crippen LogP contribution < -0.4 is 5.32 Å². The third kappa shape index (κ3) is 9.13. The Bertz CT molecular complexity index is 151. The van der Waals surface area contributed by atoms with E-state index in [0.29, 0.717) is 17.9 Å². The van der Waals surface area contributed by atoms with Crippen LogP contribution in [0.3, 0.4) is 0 Å². The van der Waals surface area contributed by atoms with Crippen molar-refractivity contribution in [3.8, 4) is 0 Å². The first-order valence-electron chi connectivity index (χ1n) is 6.55. The largest absolute Gasteiger partial charge is 0.396 e. The van der Waals surface area contributed by atoms with Gasteiger partial charge in [-0.05, 0) is 51.0 Å². The number of aliphatic hydroxyl groups excluding tert-OH is 2. The van der Waals surface area contributed by atoms with Gasteiger partial charge in [-0.15, -0.1) is 0 Å². The molecule has 0 rings (SSSR count). The predicted molar refractivity (Wildman–Crippen MR) is 68.4 cm³/mol. The van der Waals surface area contributed by atoms with Crippen LogP contribution >= 0.6 is 0 Å². The van der Waals surface area contributed by atoms with Crippen LogP contribution in [-0.2, 0) is 0 Å². The van der Waals surface area contributed by atoms with Crippen molar-refractivity contribution in [3.63, 3.8) is 0 Å². The molecule has 0 amide bonds. The average Bonchev–Trinajstić information content (AvgIpc) is 2.22. The molecule has 0 aliphatic rings. The van der Waals surface area contributed by atoms with E-state index in [1.54, 1.807) is 0 Å². The number of hydrogen-bond acceptors (Lipinski definition) is 3. The topological polar surface area (TPSA) is 52.5 Å². The van der Waals surface area contributed by atoms with Crippen LogP contribution in [-0.4, -0.2) is 36.0 Å². The monoisotopic (exact) mass is 231 g/mol. The van der Waals surface area contributed by atoms with Crippen molar-refractivity contribution < 1.29 is 10.2 Å². The summed E-state index contributed by atoms with van der Waals surface area (Å²) in [6.45, 7) is 8.13. The van der Waals surface area contributed by atoms with E-state index in [1.165, 1.54) is 6.42 Å².